The quantitative estimate of drug-likeness (QED) is 0.724. The second-order valence-corrected chi connectivity index (χ2v) is 6.41. The van der Waals surface area contributed by atoms with Crippen LogP contribution in [0.1, 0.15) is 34.2 Å². The standard InChI is InChI=1S/C20H15F3N4O2/c21-20(22,23)13-3-1-2-12(10-13)14-4-5-17-18(26-14)15(6-9-29-17)27-19(28)16-11-24-7-8-25-16/h1-5,7-8,10-11,15H,6,9H2,(H,27,28). The number of hydrogen-bond donors (Lipinski definition) is 1. The summed E-state index contributed by atoms with van der Waals surface area (Å²) >= 11 is 0. The summed E-state index contributed by atoms with van der Waals surface area (Å²) in [5.41, 5.74) is 0.558. The van der Waals surface area contributed by atoms with Gasteiger partial charge in [-0.25, -0.2) is 9.97 Å². The van der Waals surface area contributed by atoms with Gasteiger partial charge in [0.15, 0.2) is 0 Å². The molecule has 1 N–H and O–H groups in total. The predicted octanol–water partition coefficient (Wildman–Crippen LogP) is 3.81. The van der Waals surface area contributed by atoms with E-state index in [0.29, 0.717) is 35.7 Å². The lowest BCUT2D eigenvalue weighted by atomic mass is 10.0. The molecule has 1 aromatic carbocycles. The number of ether oxygens (including phenoxy) is 1. The maximum absolute atomic E-state index is 13.0. The van der Waals surface area contributed by atoms with Gasteiger partial charge in [-0.2, -0.15) is 13.2 Å². The Morgan fingerprint density at radius 2 is 2.03 bits per heavy atom. The van der Waals surface area contributed by atoms with Crippen LogP contribution in [0.5, 0.6) is 5.75 Å². The Bertz CT molecular complexity index is 1040. The molecule has 3 heterocycles. The van der Waals surface area contributed by atoms with Crippen molar-refractivity contribution in [3.63, 3.8) is 0 Å². The number of alkyl halides is 3. The third kappa shape index (κ3) is 4.03. The van der Waals surface area contributed by atoms with Gasteiger partial charge in [0.25, 0.3) is 5.91 Å². The van der Waals surface area contributed by atoms with Gasteiger partial charge in [-0.1, -0.05) is 12.1 Å². The highest BCUT2D eigenvalue weighted by molar-refractivity contribution is 5.92. The summed E-state index contributed by atoms with van der Waals surface area (Å²) in [4.78, 5) is 24.8. The third-order valence-electron chi connectivity index (χ3n) is 4.47. The molecule has 6 nitrogen and oxygen atoms in total. The molecule has 0 fully saturated rings. The number of carbonyl (C=O) groups is 1. The fraction of sp³-hybridized carbons (Fsp3) is 0.200. The highest BCUT2D eigenvalue weighted by Crippen LogP contribution is 2.35. The number of fused-ring (bicyclic) bond motifs is 1. The van der Waals surface area contributed by atoms with E-state index in [-0.39, 0.29) is 5.69 Å². The number of carbonyl (C=O) groups excluding carboxylic acids is 1. The van der Waals surface area contributed by atoms with Gasteiger partial charge >= 0.3 is 6.18 Å². The normalized spacial score (nSPS) is 15.9. The van der Waals surface area contributed by atoms with Crippen LogP contribution >= 0.6 is 0 Å². The Morgan fingerprint density at radius 3 is 2.79 bits per heavy atom. The zero-order valence-electron chi connectivity index (χ0n) is 15.0. The zero-order chi connectivity index (χ0) is 20.4. The Hall–Kier alpha value is -3.49. The molecule has 0 aliphatic carbocycles. The number of amides is 1. The molecule has 1 aliphatic rings. The van der Waals surface area contributed by atoms with Crippen LogP contribution in [0.25, 0.3) is 11.3 Å². The summed E-state index contributed by atoms with van der Waals surface area (Å²) in [6, 6.07) is 7.74. The monoisotopic (exact) mass is 400 g/mol. The zero-order valence-corrected chi connectivity index (χ0v) is 15.0. The number of hydrogen-bond acceptors (Lipinski definition) is 5. The fourth-order valence-electron chi connectivity index (χ4n) is 3.06. The molecule has 0 radical (unpaired) electrons. The Kier molecular flexibility index (Phi) is 4.87. The first-order valence-corrected chi connectivity index (χ1v) is 8.80. The first-order valence-electron chi connectivity index (χ1n) is 8.80. The molecular formula is C20H15F3N4O2. The maximum atomic E-state index is 13.0. The van der Waals surface area contributed by atoms with E-state index in [0.717, 1.165) is 12.1 Å². The summed E-state index contributed by atoms with van der Waals surface area (Å²) < 4.78 is 44.7. The van der Waals surface area contributed by atoms with Gasteiger partial charge in [0, 0.05) is 24.4 Å². The smallest absolute Gasteiger partial charge is 0.416 e. The lowest BCUT2D eigenvalue weighted by Crippen LogP contribution is -2.33. The number of rotatable bonds is 3. The van der Waals surface area contributed by atoms with Crippen LogP contribution in [0.3, 0.4) is 0 Å². The minimum absolute atomic E-state index is 0.162. The molecule has 29 heavy (non-hydrogen) atoms. The van der Waals surface area contributed by atoms with E-state index in [1.165, 1.54) is 24.7 Å². The summed E-state index contributed by atoms with van der Waals surface area (Å²) in [6.07, 6.45) is 0.251. The van der Waals surface area contributed by atoms with E-state index < -0.39 is 23.7 Å². The van der Waals surface area contributed by atoms with Crippen molar-refractivity contribution >= 4 is 5.91 Å². The lowest BCUT2D eigenvalue weighted by molar-refractivity contribution is -0.137. The summed E-state index contributed by atoms with van der Waals surface area (Å²) in [7, 11) is 0. The first-order chi connectivity index (χ1) is 13.9. The largest absolute Gasteiger partial charge is 0.491 e. The van der Waals surface area contributed by atoms with Crippen molar-refractivity contribution in [3.8, 4) is 17.0 Å². The molecule has 4 rings (SSSR count). The predicted molar refractivity (Wildman–Crippen MR) is 97.0 cm³/mol. The van der Waals surface area contributed by atoms with Crippen LogP contribution in [0.15, 0.2) is 55.0 Å². The van der Waals surface area contributed by atoms with E-state index in [4.69, 9.17) is 4.74 Å². The minimum Gasteiger partial charge on any atom is -0.491 e. The van der Waals surface area contributed by atoms with E-state index in [1.807, 2.05) is 0 Å². The number of benzene rings is 1. The molecule has 0 saturated heterocycles. The SMILES string of the molecule is O=C(NC1CCOc2ccc(-c3cccc(C(F)(F)F)c3)nc21)c1cnccn1. The molecule has 1 amide bonds. The lowest BCUT2D eigenvalue weighted by Gasteiger charge is -2.26. The van der Waals surface area contributed by atoms with Crippen molar-refractivity contribution in [1.29, 1.82) is 0 Å². The summed E-state index contributed by atoms with van der Waals surface area (Å²) in [5.74, 6) is 0.0682. The first kappa shape index (κ1) is 18.9. The summed E-state index contributed by atoms with van der Waals surface area (Å²) in [6.45, 7) is 0.378. The van der Waals surface area contributed by atoms with Gasteiger partial charge in [0.1, 0.15) is 17.1 Å². The van der Waals surface area contributed by atoms with E-state index >= 15 is 0 Å². The average Bonchev–Trinajstić information content (AvgIpc) is 2.74. The van der Waals surface area contributed by atoms with Crippen molar-refractivity contribution < 1.29 is 22.7 Å². The van der Waals surface area contributed by atoms with Gasteiger partial charge in [-0.05, 0) is 24.3 Å². The highest BCUT2D eigenvalue weighted by Gasteiger charge is 2.31. The van der Waals surface area contributed by atoms with Gasteiger partial charge < -0.3 is 10.1 Å². The number of nitrogens with zero attached hydrogens (tertiary/aromatic N) is 3. The maximum Gasteiger partial charge on any atom is 0.416 e. The van der Waals surface area contributed by atoms with Crippen LogP contribution < -0.4 is 10.1 Å². The Morgan fingerprint density at radius 1 is 1.17 bits per heavy atom. The minimum atomic E-state index is -4.44. The molecule has 148 valence electrons. The summed E-state index contributed by atoms with van der Waals surface area (Å²) in [5, 5.41) is 2.84. The topological polar surface area (TPSA) is 77.0 Å². The number of aromatic nitrogens is 3. The highest BCUT2D eigenvalue weighted by atomic mass is 19.4. The molecule has 3 aromatic rings. The van der Waals surface area contributed by atoms with E-state index in [2.05, 4.69) is 20.3 Å². The van der Waals surface area contributed by atoms with Crippen LogP contribution in [0.2, 0.25) is 0 Å². The van der Waals surface area contributed by atoms with Crippen LogP contribution in [-0.2, 0) is 6.18 Å². The second kappa shape index (κ2) is 7.50. The molecule has 1 aliphatic heterocycles. The van der Waals surface area contributed by atoms with Crippen molar-refractivity contribution in [2.75, 3.05) is 6.61 Å². The average molecular weight is 400 g/mol. The van der Waals surface area contributed by atoms with Gasteiger partial charge in [-0.15, -0.1) is 0 Å². The van der Waals surface area contributed by atoms with Crippen LogP contribution in [0, 0.1) is 0 Å². The van der Waals surface area contributed by atoms with Crippen LogP contribution in [0.4, 0.5) is 13.2 Å². The van der Waals surface area contributed by atoms with E-state index in [9.17, 15) is 18.0 Å². The number of pyridine rings is 1. The molecule has 9 heteroatoms. The van der Waals surface area contributed by atoms with Gasteiger partial charge in [0.2, 0.25) is 0 Å². The third-order valence-corrected chi connectivity index (χ3v) is 4.47. The second-order valence-electron chi connectivity index (χ2n) is 6.41. The van der Waals surface area contributed by atoms with Crippen molar-refractivity contribution in [2.24, 2.45) is 0 Å². The Labute approximate surface area is 163 Å². The molecule has 2 aromatic heterocycles. The molecule has 1 unspecified atom stereocenters. The van der Waals surface area contributed by atoms with Crippen molar-refractivity contribution in [3.05, 3.63) is 71.9 Å². The van der Waals surface area contributed by atoms with Crippen LogP contribution in [-0.4, -0.2) is 27.5 Å². The van der Waals surface area contributed by atoms with Gasteiger partial charge in [0.05, 0.1) is 30.1 Å². The van der Waals surface area contributed by atoms with E-state index in [1.54, 1.807) is 18.2 Å². The molecule has 1 atom stereocenters. The van der Waals surface area contributed by atoms with Gasteiger partial charge in [-0.3, -0.25) is 9.78 Å². The van der Waals surface area contributed by atoms with Crippen molar-refractivity contribution in [2.45, 2.75) is 18.6 Å². The molecule has 0 spiro atoms. The Balaban J connectivity index is 1.65. The molecule has 0 saturated carbocycles. The molecular weight excluding hydrogens is 385 g/mol. The van der Waals surface area contributed by atoms with Crippen molar-refractivity contribution in [1.82, 2.24) is 20.3 Å². The molecule has 0 bridgehead atoms. The number of halogens is 3. The number of nitrogens with one attached hydrogen (secondary N) is 1. The fourth-order valence-corrected chi connectivity index (χ4v) is 3.06.